The maximum absolute atomic E-state index is 6.18. The van der Waals surface area contributed by atoms with Crippen LogP contribution in [-0.4, -0.2) is 9.55 Å². The summed E-state index contributed by atoms with van der Waals surface area (Å²) in [4.78, 5) is 4.60. The number of rotatable bonds is 4. The molecule has 0 N–H and O–H groups in total. The van der Waals surface area contributed by atoms with Crippen LogP contribution in [0.2, 0.25) is 0 Å². The normalized spacial score (nSPS) is 13.2. The van der Waals surface area contributed by atoms with Crippen LogP contribution in [0.25, 0.3) is 11.0 Å². The average molecular weight is 237 g/mol. The third kappa shape index (κ3) is 2.07. The smallest absolute Gasteiger partial charge is 0.127 e. The Kier molecular flexibility index (Phi) is 3.49. The van der Waals surface area contributed by atoms with Gasteiger partial charge in [-0.25, -0.2) is 4.98 Å². The van der Waals surface area contributed by atoms with Crippen LogP contribution in [0.4, 0.5) is 0 Å². The van der Waals surface area contributed by atoms with Gasteiger partial charge in [-0.3, -0.25) is 0 Å². The molecule has 0 aliphatic heterocycles. The highest BCUT2D eigenvalue weighted by Crippen LogP contribution is 2.24. The second-order valence-corrected chi connectivity index (χ2v) is 4.73. The fraction of sp³-hybridized carbons (Fsp3) is 0.462. The molecule has 0 radical (unpaired) electrons. The number of aromatic nitrogens is 2. The van der Waals surface area contributed by atoms with Crippen molar-refractivity contribution in [1.29, 1.82) is 0 Å². The summed E-state index contributed by atoms with van der Waals surface area (Å²) in [7, 11) is 0. The lowest BCUT2D eigenvalue weighted by atomic mass is 10.3. The van der Waals surface area contributed by atoms with E-state index in [4.69, 9.17) is 11.6 Å². The molecule has 2 aromatic rings. The van der Waals surface area contributed by atoms with E-state index >= 15 is 0 Å². The van der Waals surface area contributed by atoms with Crippen LogP contribution in [0, 0.1) is 0 Å². The molecule has 3 heteroatoms. The van der Waals surface area contributed by atoms with Crippen molar-refractivity contribution in [3.8, 4) is 0 Å². The largest absolute Gasteiger partial charge is 0.327 e. The van der Waals surface area contributed by atoms with Gasteiger partial charge in [-0.05, 0) is 25.5 Å². The molecule has 0 amide bonds. The lowest BCUT2D eigenvalue weighted by Crippen LogP contribution is -2.04. The van der Waals surface area contributed by atoms with Crippen molar-refractivity contribution >= 4 is 22.6 Å². The second-order valence-electron chi connectivity index (χ2n) is 4.08. The highest BCUT2D eigenvalue weighted by Gasteiger charge is 2.13. The molecule has 1 atom stereocenters. The number of fused-ring (bicyclic) bond motifs is 1. The van der Waals surface area contributed by atoms with Crippen LogP contribution in [-0.2, 0) is 6.54 Å². The Bertz CT molecular complexity index is 474. The van der Waals surface area contributed by atoms with Crippen LogP contribution >= 0.6 is 11.6 Å². The van der Waals surface area contributed by atoms with Gasteiger partial charge in [-0.1, -0.05) is 25.5 Å². The van der Waals surface area contributed by atoms with Gasteiger partial charge >= 0.3 is 0 Å². The van der Waals surface area contributed by atoms with E-state index in [1.54, 1.807) is 0 Å². The monoisotopic (exact) mass is 236 g/mol. The molecule has 16 heavy (non-hydrogen) atoms. The molecular weight excluding hydrogens is 220 g/mol. The Labute approximate surface area is 101 Å². The first-order valence-electron chi connectivity index (χ1n) is 5.83. The highest BCUT2D eigenvalue weighted by molar-refractivity contribution is 6.20. The third-order valence-electron chi connectivity index (χ3n) is 2.78. The molecule has 0 aliphatic carbocycles. The van der Waals surface area contributed by atoms with Crippen molar-refractivity contribution in [3.05, 3.63) is 30.1 Å². The predicted octanol–water partition coefficient (Wildman–Crippen LogP) is 4.14. The van der Waals surface area contributed by atoms with E-state index in [0.29, 0.717) is 0 Å². The zero-order chi connectivity index (χ0) is 11.5. The maximum Gasteiger partial charge on any atom is 0.127 e. The summed E-state index contributed by atoms with van der Waals surface area (Å²) in [6, 6.07) is 8.22. The first-order valence-corrected chi connectivity index (χ1v) is 6.27. The van der Waals surface area contributed by atoms with Gasteiger partial charge < -0.3 is 4.57 Å². The molecule has 0 bridgehead atoms. The minimum Gasteiger partial charge on any atom is -0.327 e. The van der Waals surface area contributed by atoms with Gasteiger partial charge in [0, 0.05) is 6.54 Å². The first kappa shape index (κ1) is 11.5. The van der Waals surface area contributed by atoms with Crippen LogP contribution in [0.1, 0.15) is 37.9 Å². The number of nitrogens with zero attached hydrogens (tertiary/aromatic N) is 2. The summed E-state index contributed by atoms with van der Waals surface area (Å²) in [5.74, 6) is 0.983. The van der Waals surface area contributed by atoms with Crippen LogP contribution in [0.5, 0.6) is 0 Å². The Balaban J connectivity index is 2.51. The number of alkyl halides is 1. The van der Waals surface area contributed by atoms with Crippen molar-refractivity contribution in [1.82, 2.24) is 9.55 Å². The number of unbranched alkanes of at least 4 members (excludes halogenated alkanes) is 1. The zero-order valence-electron chi connectivity index (χ0n) is 9.78. The summed E-state index contributed by atoms with van der Waals surface area (Å²) < 4.78 is 2.25. The van der Waals surface area contributed by atoms with Crippen molar-refractivity contribution in [2.75, 3.05) is 0 Å². The number of hydrogen-bond acceptors (Lipinski definition) is 1. The number of benzene rings is 1. The summed E-state index contributed by atoms with van der Waals surface area (Å²) in [5.41, 5.74) is 2.24. The molecular formula is C13H17ClN2. The highest BCUT2D eigenvalue weighted by atomic mass is 35.5. The SMILES string of the molecule is CCCCn1c([C@@H](C)Cl)nc2ccccc21. The van der Waals surface area contributed by atoms with E-state index in [2.05, 4.69) is 28.6 Å². The van der Waals surface area contributed by atoms with Gasteiger partial charge in [0.2, 0.25) is 0 Å². The predicted molar refractivity (Wildman–Crippen MR) is 68.9 cm³/mol. The van der Waals surface area contributed by atoms with Crippen LogP contribution < -0.4 is 0 Å². The molecule has 86 valence electrons. The fourth-order valence-corrected chi connectivity index (χ4v) is 2.12. The standard InChI is InChI=1S/C13H17ClN2/c1-3-4-9-16-12-8-6-5-7-11(12)15-13(16)10(2)14/h5-8,10H,3-4,9H2,1-2H3/t10-/m1/s1. The molecule has 1 heterocycles. The van der Waals surface area contributed by atoms with Gasteiger partial charge in [0.15, 0.2) is 0 Å². The van der Waals surface area contributed by atoms with Crippen molar-refractivity contribution in [2.24, 2.45) is 0 Å². The zero-order valence-corrected chi connectivity index (χ0v) is 10.5. The molecule has 0 saturated heterocycles. The van der Waals surface area contributed by atoms with E-state index < -0.39 is 0 Å². The summed E-state index contributed by atoms with van der Waals surface area (Å²) in [6.07, 6.45) is 2.35. The van der Waals surface area contributed by atoms with Gasteiger partial charge in [-0.2, -0.15) is 0 Å². The van der Waals surface area contributed by atoms with Crippen LogP contribution in [0.15, 0.2) is 24.3 Å². The van der Waals surface area contributed by atoms with Gasteiger partial charge in [0.1, 0.15) is 5.82 Å². The first-order chi connectivity index (χ1) is 7.74. The minimum absolute atomic E-state index is 0.0377. The molecule has 1 aromatic heterocycles. The van der Waals surface area contributed by atoms with E-state index in [-0.39, 0.29) is 5.38 Å². The summed E-state index contributed by atoms with van der Waals surface area (Å²) >= 11 is 6.18. The quantitative estimate of drug-likeness (QED) is 0.730. The van der Waals surface area contributed by atoms with Crippen molar-refractivity contribution in [3.63, 3.8) is 0 Å². The third-order valence-corrected chi connectivity index (χ3v) is 2.97. The van der Waals surface area contributed by atoms with E-state index in [9.17, 15) is 0 Å². The van der Waals surface area contributed by atoms with E-state index in [1.807, 2.05) is 19.1 Å². The molecule has 0 unspecified atom stereocenters. The Hall–Kier alpha value is -1.02. The number of hydrogen-bond donors (Lipinski definition) is 0. The van der Waals surface area contributed by atoms with E-state index in [1.165, 1.54) is 11.9 Å². The topological polar surface area (TPSA) is 17.8 Å². The molecule has 0 aliphatic rings. The molecule has 0 fully saturated rings. The maximum atomic E-state index is 6.18. The Morgan fingerprint density at radius 3 is 2.81 bits per heavy atom. The van der Waals surface area contributed by atoms with Crippen molar-refractivity contribution < 1.29 is 0 Å². The summed E-state index contributed by atoms with van der Waals surface area (Å²) in [5, 5.41) is -0.0377. The Morgan fingerprint density at radius 2 is 2.12 bits per heavy atom. The second kappa shape index (κ2) is 4.88. The average Bonchev–Trinajstić information content (AvgIpc) is 2.65. The molecule has 0 spiro atoms. The molecule has 0 saturated carbocycles. The lowest BCUT2D eigenvalue weighted by Gasteiger charge is -2.09. The van der Waals surface area contributed by atoms with Gasteiger partial charge in [-0.15, -0.1) is 11.6 Å². The van der Waals surface area contributed by atoms with E-state index in [0.717, 1.165) is 24.3 Å². The van der Waals surface area contributed by atoms with Crippen LogP contribution in [0.3, 0.4) is 0 Å². The fourth-order valence-electron chi connectivity index (χ4n) is 1.95. The number of imidazole rings is 1. The lowest BCUT2D eigenvalue weighted by molar-refractivity contribution is 0.616. The van der Waals surface area contributed by atoms with Gasteiger partial charge in [0.05, 0.1) is 16.4 Å². The number of para-hydroxylation sites is 2. The molecule has 1 aromatic carbocycles. The Morgan fingerprint density at radius 1 is 1.38 bits per heavy atom. The van der Waals surface area contributed by atoms with Crippen molar-refractivity contribution in [2.45, 2.75) is 38.6 Å². The molecule has 2 nitrogen and oxygen atoms in total. The minimum atomic E-state index is -0.0377. The summed E-state index contributed by atoms with van der Waals surface area (Å²) in [6.45, 7) is 5.18. The number of halogens is 1. The van der Waals surface area contributed by atoms with Gasteiger partial charge in [0.25, 0.3) is 0 Å². The number of aryl methyl sites for hydroxylation is 1. The molecule has 2 rings (SSSR count).